The van der Waals surface area contributed by atoms with E-state index in [1.54, 1.807) is 6.07 Å². The highest BCUT2D eigenvalue weighted by Gasteiger charge is 2.20. The summed E-state index contributed by atoms with van der Waals surface area (Å²) >= 11 is 0. The SMILES string of the molecule is Cc1ccc(CNC2CCCc3cc(O)ccc32)o1. The summed E-state index contributed by atoms with van der Waals surface area (Å²) in [5, 5.41) is 13.1. The first-order valence-electron chi connectivity index (χ1n) is 6.83. The van der Waals surface area contributed by atoms with Crippen molar-refractivity contribution in [1.82, 2.24) is 5.32 Å². The van der Waals surface area contributed by atoms with E-state index in [2.05, 4.69) is 5.32 Å². The molecule has 100 valence electrons. The van der Waals surface area contributed by atoms with Crippen LogP contribution in [0.5, 0.6) is 5.75 Å². The molecule has 1 aliphatic carbocycles. The number of aromatic hydroxyl groups is 1. The molecule has 1 aromatic heterocycles. The smallest absolute Gasteiger partial charge is 0.117 e. The van der Waals surface area contributed by atoms with Gasteiger partial charge in [0.2, 0.25) is 0 Å². The van der Waals surface area contributed by atoms with Gasteiger partial charge in [-0.2, -0.15) is 0 Å². The van der Waals surface area contributed by atoms with Gasteiger partial charge in [-0.25, -0.2) is 0 Å². The van der Waals surface area contributed by atoms with E-state index in [0.717, 1.165) is 37.3 Å². The standard InChI is InChI=1S/C16H19NO2/c1-11-5-7-14(19-11)10-17-16-4-2-3-12-9-13(18)6-8-15(12)16/h5-9,16-18H,2-4,10H2,1H3. The Morgan fingerprint density at radius 3 is 3.00 bits per heavy atom. The van der Waals surface area contributed by atoms with Crippen LogP contribution in [0.4, 0.5) is 0 Å². The normalized spacial score (nSPS) is 18.3. The molecule has 1 heterocycles. The summed E-state index contributed by atoms with van der Waals surface area (Å²) in [5.74, 6) is 2.29. The van der Waals surface area contributed by atoms with Crippen LogP contribution in [0.2, 0.25) is 0 Å². The zero-order valence-corrected chi connectivity index (χ0v) is 11.1. The van der Waals surface area contributed by atoms with Gasteiger partial charge in [0.15, 0.2) is 0 Å². The van der Waals surface area contributed by atoms with Crippen molar-refractivity contribution in [1.29, 1.82) is 0 Å². The maximum Gasteiger partial charge on any atom is 0.117 e. The van der Waals surface area contributed by atoms with Crippen molar-refractivity contribution in [2.45, 2.75) is 38.8 Å². The molecule has 2 aromatic rings. The highest BCUT2D eigenvalue weighted by molar-refractivity contribution is 5.38. The summed E-state index contributed by atoms with van der Waals surface area (Å²) in [7, 11) is 0. The molecule has 3 rings (SSSR count). The Labute approximate surface area is 113 Å². The highest BCUT2D eigenvalue weighted by atomic mass is 16.3. The first-order valence-corrected chi connectivity index (χ1v) is 6.83. The predicted molar refractivity (Wildman–Crippen MR) is 74.1 cm³/mol. The van der Waals surface area contributed by atoms with Gasteiger partial charge >= 0.3 is 0 Å². The molecule has 0 radical (unpaired) electrons. The van der Waals surface area contributed by atoms with Crippen molar-refractivity contribution in [3.8, 4) is 5.75 Å². The van der Waals surface area contributed by atoms with Gasteiger partial charge in [-0.05, 0) is 61.6 Å². The molecular weight excluding hydrogens is 238 g/mol. The zero-order valence-electron chi connectivity index (χ0n) is 11.1. The van der Waals surface area contributed by atoms with Crippen molar-refractivity contribution < 1.29 is 9.52 Å². The minimum Gasteiger partial charge on any atom is -0.508 e. The molecule has 0 aliphatic heterocycles. The third-order valence-electron chi connectivity index (χ3n) is 3.76. The van der Waals surface area contributed by atoms with Crippen molar-refractivity contribution in [2.24, 2.45) is 0 Å². The molecule has 1 aromatic carbocycles. The lowest BCUT2D eigenvalue weighted by molar-refractivity contribution is 0.408. The summed E-state index contributed by atoms with van der Waals surface area (Å²) < 4.78 is 5.58. The van der Waals surface area contributed by atoms with E-state index in [1.807, 2.05) is 31.2 Å². The minimum atomic E-state index is 0.356. The topological polar surface area (TPSA) is 45.4 Å². The Kier molecular flexibility index (Phi) is 3.30. The number of rotatable bonds is 3. The van der Waals surface area contributed by atoms with Crippen LogP contribution < -0.4 is 5.32 Å². The first kappa shape index (κ1) is 12.3. The summed E-state index contributed by atoms with van der Waals surface area (Å²) in [6.45, 7) is 2.71. The average Bonchev–Trinajstić information content (AvgIpc) is 2.81. The van der Waals surface area contributed by atoms with Crippen LogP contribution in [0.1, 0.15) is 41.5 Å². The summed E-state index contributed by atoms with van der Waals surface area (Å²) in [6.07, 6.45) is 3.35. The van der Waals surface area contributed by atoms with E-state index in [-0.39, 0.29) is 0 Å². The molecule has 1 aliphatic rings. The molecular formula is C16H19NO2. The van der Waals surface area contributed by atoms with Crippen LogP contribution in [0.3, 0.4) is 0 Å². The first-order chi connectivity index (χ1) is 9.22. The number of phenolic OH excluding ortho intramolecular Hbond substituents is 1. The number of fused-ring (bicyclic) bond motifs is 1. The van der Waals surface area contributed by atoms with Gasteiger partial charge in [0.1, 0.15) is 17.3 Å². The zero-order chi connectivity index (χ0) is 13.2. The van der Waals surface area contributed by atoms with E-state index in [9.17, 15) is 5.11 Å². The number of hydrogen-bond donors (Lipinski definition) is 2. The Hall–Kier alpha value is -1.74. The maximum atomic E-state index is 9.55. The fourth-order valence-electron chi connectivity index (χ4n) is 2.82. The molecule has 0 spiro atoms. The lowest BCUT2D eigenvalue weighted by Crippen LogP contribution is -2.24. The third kappa shape index (κ3) is 2.66. The number of nitrogens with one attached hydrogen (secondary N) is 1. The summed E-state index contributed by atoms with van der Waals surface area (Å²) in [6, 6.07) is 10.1. The second kappa shape index (κ2) is 5.10. The minimum absolute atomic E-state index is 0.356. The van der Waals surface area contributed by atoms with Gasteiger partial charge in [-0.15, -0.1) is 0 Å². The Morgan fingerprint density at radius 2 is 2.21 bits per heavy atom. The molecule has 0 amide bonds. The van der Waals surface area contributed by atoms with Crippen LogP contribution in [0.25, 0.3) is 0 Å². The predicted octanol–water partition coefficient (Wildman–Crippen LogP) is 3.46. The van der Waals surface area contributed by atoms with Crippen LogP contribution >= 0.6 is 0 Å². The van der Waals surface area contributed by atoms with Crippen molar-refractivity contribution in [3.05, 3.63) is 53.0 Å². The quantitative estimate of drug-likeness (QED) is 0.885. The Morgan fingerprint density at radius 1 is 1.32 bits per heavy atom. The van der Waals surface area contributed by atoms with Gasteiger partial charge in [0.05, 0.1) is 6.54 Å². The van der Waals surface area contributed by atoms with Crippen molar-refractivity contribution in [2.75, 3.05) is 0 Å². The number of benzene rings is 1. The van der Waals surface area contributed by atoms with Gasteiger partial charge in [0.25, 0.3) is 0 Å². The third-order valence-corrected chi connectivity index (χ3v) is 3.76. The van der Waals surface area contributed by atoms with Crippen molar-refractivity contribution in [3.63, 3.8) is 0 Å². The molecule has 0 saturated heterocycles. The molecule has 0 fully saturated rings. The van der Waals surface area contributed by atoms with Gasteiger partial charge in [0, 0.05) is 6.04 Å². The highest BCUT2D eigenvalue weighted by Crippen LogP contribution is 2.32. The van der Waals surface area contributed by atoms with E-state index in [4.69, 9.17) is 4.42 Å². The fraction of sp³-hybridized carbons (Fsp3) is 0.375. The maximum absolute atomic E-state index is 9.55. The molecule has 2 N–H and O–H groups in total. The Balaban J connectivity index is 1.73. The molecule has 1 unspecified atom stereocenters. The van der Waals surface area contributed by atoms with Crippen LogP contribution in [0.15, 0.2) is 34.7 Å². The summed E-state index contributed by atoms with van der Waals surface area (Å²) in [5.41, 5.74) is 2.58. The molecule has 3 nitrogen and oxygen atoms in total. The van der Waals surface area contributed by atoms with E-state index >= 15 is 0 Å². The Bertz CT molecular complexity index is 574. The number of furan rings is 1. The number of hydrogen-bond acceptors (Lipinski definition) is 3. The molecule has 3 heteroatoms. The fourth-order valence-corrected chi connectivity index (χ4v) is 2.82. The molecule has 19 heavy (non-hydrogen) atoms. The second-order valence-electron chi connectivity index (χ2n) is 5.22. The largest absolute Gasteiger partial charge is 0.508 e. The number of aryl methyl sites for hydroxylation is 2. The monoisotopic (exact) mass is 257 g/mol. The molecule has 0 saturated carbocycles. The lowest BCUT2D eigenvalue weighted by atomic mass is 9.87. The van der Waals surface area contributed by atoms with Crippen LogP contribution in [-0.2, 0) is 13.0 Å². The van der Waals surface area contributed by atoms with E-state index in [0.29, 0.717) is 11.8 Å². The molecule has 1 atom stereocenters. The van der Waals surface area contributed by atoms with Gasteiger partial charge in [-0.3, -0.25) is 0 Å². The van der Waals surface area contributed by atoms with E-state index < -0.39 is 0 Å². The van der Waals surface area contributed by atoms with Crippen LogP contribution in [0, 0.1) is 6.92 Å². The van der Waals surface area contributed by atoms with Crippen LogP contribution in [-0.4, -0.2) is 5.11 Å². The van der Waals surface area contributed by atoms with Gasteiger partial charge in [-0.1, -0.05) is 6.07 Å². The van der Waals surface area contributed by atoms with E-state index in [1.165, 1.54) is 11.1 Å². The van der Waals surface area contributed by atoms with Gasteiger partial charge < -0.3 is 14.8 Å². The number of phenols is 1. The second-order valence-corrected chi connectivity index (χ2v) is 5.22. The molecule has 0 bridgehead atoms. The average molecular weight is 257 g/mol. The van der Waals surface area contributed by atoms with Crippen molar-refractivity contribution >= 4 is 0 Å². The lowest BCUT2D eigenvalue weighted by Gasteiger charge is -2.26. The summed E-state index contributed by atoms with van der Waals surface area (Å²) in [4.78, 5) is 0.